The van der Waals surface area contributed by atoms with Gasteiger partial charge in [-0.05, 0) is 45.0 Å². The van der Waals surface area contributed by atoms with Crippen LogP contribution in [0.4, 0.5) is 5.82 Å². The Bertz CT molecular complexity index is 756. The van der Waals surface area contributed by atoms with Crippen molar-refractivity contribution in [1.82, 2.24) is 20.1 Å². The lowest BCUT2D eigenvalue weighted by molar-refractivity contribution is -0.123. The highest BCUT2D eigenvalue weighted by Gasteiger charge is 2.17. The predicted octanol–water partition coefficient (Wildman–Crippen LogP) is 2.63. The third-order valence-electron chi connectivity index (χ3n) is 4.86. The molecule has 2 aromatic rings. The van der Waals surface area contributed by atoms with E-state index >= 15 is 0 Å². The van der Waals surface area contributed by atoms with Crippen LogP contribution in [-0.2, 0) is 9.59 Å². The van der Waals surface area contributed by atoms with Crippen LogP contribution >= 0.6 is 0 Å². The van der Waals surface area contributed by atoms with Gasteiger partial charge in [0.15, 0.2) is 5.82 Å². The highest BCUT2D eigenvalue weighted by molar-refractivity contribution is 5.91. The maximum absolute atomic E-state index is 12.4. The molecule has 1 saturated heterocycles. The number of ether oxygens (including phenoxy) is 1. The normalized spacial score (nSPS) is 15.0. The van der Waals surface area contributed by atoms with Crippen LogP contribution < -0.4 is 10.1 Å². The molecule has 158 valence electrons. The third-order valence-corrected chi connectivity index (χ3v) is 4.86. The van der Waals surface area contributed by atoms with E-state index in [2.05, 4.69) is 25.4 Å². The minimum Gasteiger partial charge on any atom is -0.483 e. The Morgan fingerprint density at radius 1 is 1.38 bits per heavy atom. The number of likely N-dealkylation sites (tertiary alicyclic amines) is 1. The molecule has 3 heterocycles. The summed E-state index contributed by atoms with van der Waals surface area (Å²) in [6.45, 7) is 5.03. The second kappa shape index (κ2) is 11.8. The van der Waals surface area contributed by atoms with Gasteiger partial charge < -0.3 is 20.1 Å². The molecule has 0 bridgehead atoms. The predicted molar refractivity (Wildman–Crippen MR) is 110 cm³/mol. The lowest BCUT2D eigenvalue weighted by Gasteiger charge is -2.27. The van der Waals surface area contributed by atoms with Crippen LogP contribution in [0.5, 0.6) is 5.88 Å². The highest BCUT2D eigenvalue weighted by atomic mass is 16.5. The van der Waals surface area contributed by atoms with E-state index in [9.17, 15) is 4.79 Å². The fourth-order valence-corrected chi connectivity index (χ4v) is 3.13. The molecule has 0 aromatic carbocycles. The van der Waals surface area contributed by atoms with Gasteiger partial charge in [-0.15, -0.1) is 0 Å². The lowest BCUT2D eigenvalue weighted by atomic mass is 10.1. The zero-order valence-corrected chi connectivity index (χ0v) is 16.9. The van der Waals surface area contributed by atoms with E-state index in [1.807, 2.05) is 19.1 Å². The van der Waals surface area contributed by atoms with Crippen molar-refractivity contribution in [3.8, 4) is 17.1 Å². The fourth-order valence-electron chi connectivity index (χ4n) is 3.13. The average molecular weight is 403 g/mol. The second-order valence-corrected chi connectivity index (χ2v) is 6.94. The highest BCUT2D eigenvalue weighted by Crippen LogP contribution is 2.21. The number of H-pyrrole nitrogens is 1. The number of piperidine rings is 1. The summed E-state index contributed by atoms with van der Waals surface area (Å²) < 4.78 is 5.06. The number of aromatic amines is 1. The number of carboxylic acid groups (broad SMARTS) is 1. The summed E-state index contributed by atoms with van der Waals surface area (Å²) in [6.07, 6.45) is 6.45. The topological polar surface area (TPSA) is 120 Å². The number of methoxy groups -OCH3 is 1. The van der Waals surface area contributed by atoms with E-state index in [-0.39, 0.29) is 18.3 Å². The van der Waals surface area contributed by atoms with Crippen LogP contribution in [0, 0.1) is 5.92 Å². The van der Waals surface area contributed by atoms with Gasteiger partial charge in [0.2, 0.25) is 11.8 Å². The molecule has 0 spiro atoms. The first-order valence-corrected chi connectivity index (χ1v) is 9.74. The van der Waals surface area contributed by atoms with Gasteiger partial charge in [0.1, 0.15) is 0 Å². The average Bonchev–Trinajstić information content (AvgIpc) is 3.22. The standard InChI is InChI=1S/C19H27N5O2.CH2O2/c1-14(8-11-24-9-4-3-5-10-24)19(25)21-17-12-16(22-23-17)15-6-7-18(26-2)20-13-15;2-1-3/h6-7,12-14H,3-5,8-11H2,1-2H3,(H2,21,22,23,25);1H,(H,2,3). The minimum atomic E-state index is -0.250. The Morgan fingerprint density at radius 2 is 2.10 bits per heavy atom. The molecule has 3 rings (SSSR count). The fraction of sp³-hybridized carbons (Fsp3) is 0.500. The van der Waals surface area contributed by atoms with Crippen molar-refractivity contribution in [1.29, 1.82) is 0 Å². The summed E-state index contributed by atoms with van der Waals surface area (Å²) in [5, 5.41) is 16.9. The number of carbonyl (C=O) groups excluding carboxylic acids is 1. The molecule has 3 N–H and O–H groups in total. The molecule has 1 aliphatic rings. The van der Waals surface area contributed by atoms with Crippen molar-refractivity contribution < 1.29 is 19.4 Å². The first-order chi connectivity index (χ1) is 14.1. The van der Waals surface area contributed by atoms with E-state index in [1.54, 1.807) is 19.4 Å². The smallest absolute Gasteiger partial charge is 0.290 e. The molecule has 0 radical (unpaired) electrons. The first kappa shape index (κ1) is 22.4. The zero-order chi connectivity index (χ0) is 21.1. The number of amides is 1. The van der Waals surface area contributed by atoms with Crippen molar-refractivity contribution in [2.24, 2.45) is 5.92 Å². The third kappa shape index (κ3) is 7.19. The second-order valence-electron chi connectivity index (χ2n) is 6.94. The van der Waals surface area contributed by atoms with Crippen molar-refractivity contribution >= 4 is 18.2 Å². The van der Waals surface area contributed by atoms with Crippen LogP contribution in [0.3, 0.4) is 0 Å². The van der Waals surface area contributed by atoms with E-state index < -0.39 is 0 Å². The summed E-state index contributed by atoms with van der Waals surface area (Å²) in [7, 11) is 1.58. The van der Waals surface area contributed by atoms with E-state index in [4.69, 9.17) is 14.6 Å². The van der Waals surface area contributed by atoms with E-state index in [1.165, 1.54) is 19.3 Å². The first-order valence-electron chi connectivity index (χ1n) is 9.74. The SMILES string of the molecule is COc1ccc(-c2cc(NC(=O)C(C)CCN3CCCCC3)n[nH]2)cn1.O=CO. The molecular formula is C20H29N5O4. The Balaban J connectivity index is 0.000000941. The van der Waals surface area contributed by atoms with E-state index in [0.29, 0.717) is 11.7 Å². The summed E-state index contributed by atoms with van der Waals surface area (Å²) in [5.41, 5.74) is 1.69. The largest absolute Gasteiger partial charge is 0.483 e. The number of nitrogens with one attached hydrogen (secondary N) is 2. The monoisotopic (exact) mass is 403 g/mol. The number of anilines is 1. The Hall–Kier alpha value is -2.94. The Kier molecular flexibility index (Phi) is 9.10. The number of nitrogens with zero attached hydrogens (tertiary/aromatic N) is 3. The molecule has 9 heteroatoms. The van der Waals surface area contributed by atoms with Gasteiger partial charge >= 0.3 is 0 Å². The van der Waals surface area contributed by atoms with Crippen molar-refractivity contribution in [2.75, 3.05) is 32.1 Å². The maximum Gasteiger partial charge on any atom is 0.290 e. The molecule has 1 amide bonds. The minimum absolute atomic E-state index is 0.00733. The van der Waals surface area contributed by atoms with Crippen LogP contribution in [-0.4, -0.2) is 64.3 Å². The number of rotatable bonds is 7. The Labute approximate surface area is 170 Å². The quantitative estimate of drug-likeness (QED) is 0.608. The molecule has 1 aliphatic heterocycles. The molecular weight excluding hydrogens is 374 g/mol. The van der Waals surface area contributed by atoms with Crippen molar-refractivity contribution in [3.05, 3.63) is 24.4 Å². The maximum atomic E-state index is 12.4. The lowest BCUT2D eigenvalue weighted by Crippen LogP contribution is -2.33. The Morgan fingerprint density at radius 3 is 2.72 bits per heavy atom. The number of hydrogen-bond donors (Lipinski definition) is 3. The van der Waals surface area contributed by atoms with Crippen molar-refractivity contribution in [3.63, 3.8) is 0 Å². The molecule has 29 heavy (non-hydrogen) atoms. The van der Waals surface area contributed by atoms with Gasteiger partial charge in [-0.2, -0.15) is 5.10 Å². The van der Waals surface area contributed by atoms with Crippen LogP contribution in [0.2, 0.25) is 0 Å². The molecule has 1 atom stereocenters. The van der Waals surface area contributed by atoms with E-state index in [0.717, 1.165) is 37.3 Å². The van der Waals surface area contributed by atoms with Gasteiger partial charge in [0.25, 0.3) is 6.47 Å². The summed E-state index contributed by atoms with van der Waals surface area (Å²) in [4.78, 5) is 27.4. The van der Waals surface area contributed by atoms with Gasteiger partial charge in [0.05, 0.1) is 12.8 Å². The zero-order valence-electron chi connectivity index (χ0n) is 16.9. The van der Waals surface area contributed by atoms with Crippen molar-refractivity contribution in [2.45, 2.75) is 32.6 Å². The molecule has 0 aliphatic carbocycles. The van der Waals surface area contributed by atoms with Gasteiger partial charge in [0, 0.05) is 29.8 Å². The number of carbonyl (C=O) groups is 2. The molecule has 1 fully saturated rings. The van der Waals surface area contributed by atoms with Gasteiger partial charge in [-0.1, -0.05) is 13.3 Å². The van der Waals surface area contributed by atoms with Crippen LogP contribution in [0.15, 0.2) is 24.4 Å². The summed E-state index contributed by atoms with van der Waals surface area (Å²) in [5.74, 6) is 1.06. The van der Waals surface area contributed by atoms with Gasteiger partial charge in [-0.25, -0.2) is 4.98 Å². The summed E-state index contributed by atoms with van der Waals surface area (Å²) >= 11 is 0. The molecule has 2 aromatic heterocycles. The number of hydrogen-bond acceptors (Lipinski definition) is 6. The summed E-state index contributed by atoms with van der Waals surface area (Å²) in [6, 6.07) is 5.50. The number of aromatic nitrogens is 3. The molecule has 9 nitrogen and oxygen atoms in total. The van der Waals surface area contributed by atoms with Crippen LogP contribution in [0.1, 0.15) is 32.6 Å². The molecule has 0 saturated carbocycles. The molecule has 1 unspecified atom stereocenters. The van der Waals surface area contributed by atoms with Crippen LogP contribution in [0.25, 0.3) is 11.3 Å². The van der Waals surface area contributed by atoms with Gasteiger partial charge in [-0.3, -0.25) is 14.7 Å². The number of pyridine rings is 1.